The van der Waals surface area contributed by atoms with Crippen molar-refractivity contribution in [2.45, 2.75) is 11.4 Å². The molecule has 0 unspecified atom stereocenters. The van der Waals surface area contributed by atoms with E-state index in [1.165, 1.54) is 11.3 Å². The van der Waals surface area contributed by atoms with Crippen LogP contribution in [-0.4, -0.2) is 30.4 Å². The van der Waals surface area contributed by atoms with Gasteiger partial charge in [-0.1, -0.05) is 29.0 Å². The fraction of sp³-hybridized carbons (Fsp3) is 0.222. The lowest BCUT2D eigenvalue weighted by Gasteiger charge is -2.04. The van der Waals surface area contributed by atoms with Crippen molar-refractivity contribution in [3.63, 3.8) is 0 Å². The zero-order valence-corrected chi connectivity index (χ0v) is 16.2. The van der Waals surface area contributed by atoms with Gasteiger partial charge in [0.25, 0.3) is 5.91 Å². The number of thioether (sulfide) groups is 1. The van der Waals surface area contributed by atoms with Crippen molar-refractivity contribution in [3.8, 4) is 0 Å². The maximum absolute atomic E-state index is 12.6. The van der Waals surface area contributed by atoms with Crippen LogP contribution >= 0.6 is 34.7 Å². The van der Waals surface area contributed by atoms with Crippen molar-refractivity contribution < 1.29 is 9.53 Å². The predicted molar refractivity (Wildman–Crippen MR) is 105 cm³/mol. The summed E-state index contributed by atoms with van der Waals surface area (Å²) in [7, 11) is 1.65. The molecule has 1 heterocycles. The second-order valence-electron chi connectivity index (χ2n) is 5.29. The number of carbonyl (C=O) groups excluding carboxylic acids is 1. The number of rotatable bonds is 5. The average Bonchev–Trinajstić information content (AvgIpc) is 2.95. The Labute approximate surface area is 159 Å². The summed E-state index contributed by atoms with van der Waals surface area (Å²) < 4.78 is 8.18. The molecule has 0 aliphatic heterocycles. The molecule has 0 radical (unpaired) electrons. The molecule has 0 saturated carbocycles. The molecule has 0 N–H and O–H groups in total. The molecule has 130 valence electrons. The molecule has 4 nitrogen and oxygen atoms in total. The molecular formula is C18H17ClN2O2S2. The topological polar surface area (TPSA) is 43.6 Å². The van der Waals surface area contributed by atoms with Gasteiger partial charge in [-0.2, -0.15) is 4.99 Å². The van der Waals surface area contributed by atoms with Crippen LogP contribution in [0.2, 0.25) is 5.02 Å². The SMILES string of the molecule is COCCn1c(=NC(=O)c2cccc(SC)c2)sc2cc(Cl)ccc21. The van der Waals surface area contributed by atoms with E-state index >= 15 is 0 Å². The lowest BCUT2D eigenvalue weighted by atomic mass is 10.2. The highest BCUT2D eigenvalue weighted by Gasteiger charge is 2.10. The maximum Gasteiger partial charge on any atom is 0.279 e. The monoisotopic (exact) mass is 392 g/mol. The molecule has 7 heteroatoms. The van der Waals surface area contributed by atoms with E-state index in [-0.39, 0.29) is 5.91 Å². The second-order valence-corrected chi connectivity index (χ2v) is 7.62. The van der Waals surface area contributed by atoms with E-state index in [1.807, 2.05) is 47.2 Å². The Balaban J connectivity index is 2.08. The average molecular weight is 393 g/mol. The van der Waals surface area contributed by atoms with E-state index in [0.29, 0.717) is 28.5 Å². The summed E-state index contributed by atoms with van der Waals surface area (Å²) in [6, 6.07) is 13.2. The number of hydrogen-bond donors (Lipinski definition) is 0. The normalized spacial score (nSPS) is 12.0. The Morgan fingerprint density at radius 3 is 2.92 bits per heavy atom. The summed E-state index contributed by atoms with van der Waals surface area (Å²) in [6.45, 7) is 1.16. The number of nitrogens with zero attached hydrogens (tertiary/aromatic N) is 2. The third-order valence-electron chi connectivity index (χ3n) is 3.68. The standard InChI is InChI=1S/C18H17ClN2O2S2/c1-23-9-8-21-15-7-6-13(19)11-16(15)25-18(21)20-17(22)12-4-3-5-14(10-12)24-2/h3-7,10-11H,8-9H2,1-2H3. The van der Waals surface area contributed by atoms with Crippen LogP contribution in [0, 0.1) is 0 Å². The van der Waals surface area contributed by atoms with Gasteiger partial charge < -0.3 is 9.30 Å². The second kappa shape index (κ2) is 8.19. The van der Waals surface area contributed by atoms with Gasteiger partial charge >= 0.3 is 0 Å². The molecule has 0 spiro atoms. The molecule has 0 saturated heterocycles. The Hall–Kier alpha value is -1.60. The number of aromatic nitrogens is 1. The number of methoxy groups -OCH3 is 1. The van der Waals surface area contributed by atoms with Crippen molar-refractivity contribution in [2.24, 2.45) is 4.99 Å². The van der Waals surface area contributed by atoms with Gasteiger partial charge in [-0.05, 0) is 42.7 Å². The third-order valence-corrected chi connectivity index (χ3v) is 5.68. The fourth-order valence-electron chi connectivity index (χ4n) is 2.44. The van der Waals surface area contributed by atoms with E-state index in [1.54, 1.807) is 24.9 Å². The summed E-state index contributed by atoms with van der Waals surface area (Å²) in [5.41, 5.74) is 1.58. The van der Waals surface area contributed by atoms with Crippen LogP contribution < -0.4 is 4.80 Å². The molecule has 0 fully saturated rings. The quantitative estimate of drug-likeness (QED) is 0.602. The van der Waals surface area contributed by atoms with Crippen molar-refractivity contribution in [3.05, 3.63) is 57.9 Å². The molecule has 1 aromatic heterocycles. The maximum atomic E-state index is 12.6. The summed E-state index contributed by atoms with van der Waals surface area (Å²) in [5, 5.41) is 0.665. The highest BCUT2D eigenvalue weighted by molar-refractivity contribution is 7.98. The van der Waals surface area contributed by atoms with E-state index < -0.39 is 0 Å². The van der Waals surface area contributed by atoms with Crippen molar-refractivity contribution >= 4 is 50.8 Å². The van der Waals surface area contributed by atoms with E-state index in [4.69, 9.17) is 16.3 Å². The minimum atomic E-state index is -0.250. The number of amides is 1. The first-order chi connectivity index (χ1) is 12.1. The van der Waals surface area contributed by atoms with Crippen molar-refractivity contribution in [1.29, 1.82) is 0 Å². The molecular weight excluding hydrogens is 376 g/mol. The number of benzene rings is 2. The number of thiazole rings is 1. The number of fused-ring (bicyclic) bond motifs is 1. The molecule has 0 atom stereocenters. The van der Waals surface area contributed by atoms with Gasteiger partial charge in [0.15, 0.2) is 4.80 Å². The Morgan fingerprint density at radius 1 is 1.32 bits per heavy atom. The van der Waals surface area contributed by atoms with Crippen LogP contribution in [0.3, 0.4) is 0 Å². The zero-order valence-electron chi connectivity index (χ0n) is 13.9. The highest BCUT2D eigenvalue weighted by atomic mass is 35.5. The minimum Gasteiger partial charge on any atom is -0.383 e. The zero-order chi connectivity index (χ0) is 17.8. The van der Waals surface area contributed by atoms with Gasteiger partial charge in [0.1, 0.15) is 0 Å². The summed E-state index contributed by atoms with van der Waals surface area (Å²) >= 11 is 9.14. The summed E-state index contributed by atoms with van der Waals surface area (Å²) in [6.07, 6.45) is 1.98. The van der Waals surface area contributed by atoms with Crippen LogP contribution in [0.5, 0.6) is 0 Å². The first-order valence-electron chi connectivity index (χ1n) is 7.63. The Kier molecular flexibility index (Phi) is 5.96. The highest BCUT2D eigenvalue weighted by Crippen LogP contribution is 2.22. The molecule has 1 amide bonds. The summed E-state index contributed by atoms with van der Waals surface area (Å²) in [5.74, 6) is -0.250. The minimum absolute atomic E-state index is 0.250. The van der Waals surface area contributed by atoms with Gasteiger partial charge in [-0.15, -0.1) is 11.8 Å². The van der Waals surface area contributed by atoms with Crippen molar-refractivity contribution in [2.75, 3.05) is 20.0 Å². The molecule has 0 aliphatic rings. The summed E-state index contributed by atoms with van der Waals surface area (Å²) in [4.78, 5) is 18.7. The first-order valence-corrected chi connectivity index (χ1v) is 10.0. The van der Waals surface area contributed by atoms with Gasteiger partial charge in [0.05, 0.1) is 16.8 Å². The predicted octanol–water partition coefficient (Wildman–Crippen LogP) is 4.47. The molecule has 0 bridgehead atoms. The van der Waals surface area contributed by atoms with Crippen LogP contribution in [0.25, 0.3) is 10.2 Å². The Bertz CT molecular complexity index is 979. The largest absolute Gasteiger partial charge is 0.383 e. The van der Waals surface area contributed by atoms with Gasteiger partial charge in [-0.25, -0.2) is 0 Å². The van der Waals surface area contributed by atoms with Crippen LogP contribution in [0.4, 0.5) is 0 Å². The van der Waals surface area contributed by atoms with Crippen LogP contribution in [-0.2, 0) is 11.3 Å². The van der Waals surface area contributed by atoms with E-state index in [9.17, 15) is 4.79 Å². The lowest BCUT2D eigenvalue weighted by molar-refractivity contribution is 0.0997. The van der Waals surface area contributed by atoms with E-state index in [0.717, 1.165) is 15.1 Å². The number of carbonyl (C=O) groups is 1. The molecule has 3 rings (SSSR count). The molecule has 2 aromatic carbocycles. The van der Waals surface area contributed by atoms with Gasteiger partial charge in [0, 0.05) is 29.1 Å². The van der Waals surface area contributed by atoms with E-state index in [2.05, 4.69) is 4.99 Å². The van der Waals surface area contributed by atoms with Crippen molar-refractivity contribution in [1.82, 2.24) is 4.57 Å². The Morgan fingerprint density at radius 2 is 2.16 bits per heavy atom. The number of hydrogen-bond acceptors (Lipinski definition) is 4. The lowest BCUT2D eigenvalue weighted by Crippen LogP contribution is -2.19. The van der Waals surface area contributed by atoms with Gasteiger partial charge in [-0.3, -0.25) is 4.79 Å². The number of ether oxygens (including phenoxy) is 1. The fourth-order valence-corrected chi connectivity index (χ4v) is 4.23. The van der Waals surface area contributed by atoms with Gasteiger partial charge in [0.2, 0.25) is 0 Å². The molecule has 0 aliphatic carbocycles. The smallest absolute Gasteiger partial charge is 0.279 e. The molecule has 3 aromatic rings. The first kappa shape index (κ1) is 18.2. The van der Waals surface area contributed by atoms with Crippen LogP contribution in [0.1, 0.15) is 10.4 Å². The molecule has 25 heavy (non-hydrogen) atoms. The third kappa shape index (κ3) is 4.15. The van der Waals surface area contributed by atoms with Crippen LogP contribution in [0.15, 0.2) is 52.4 Å². The number of halogens is 1.